The first-order valence-corrected chi connectivity index (χ1v) is 9.68. The quantitative estimate of drug-likeness (QED) is 0.695. The molecule has 0 unspecified atom stereocenters. The number of thiophene rings is 1. The molecular formula is C19H20N2OS2. The Morgan fingerprint density at radius 2 is 2.00 bits per heavy atom. The van der Waals surface area contributed by atoms with E-state index in [0.717, 1.165) is 28.4 Å². The van der Waals surface area contributed by atoms with Crippen LogP contribution in [0.1, 0.15) is 26.0 Å². The third-order valence-corrected chi connectivity index (χ3v) is 5.81. The maximum absolute atomic E-state index is 11.9. The molecule has 0 aliphatic heterocycles. The molecule has 0 saturated heterocycles. The minimum Gasteiger partial charge on any atom is -0.355 e. The first-order chi connectivity index (χ1) is 11.7. The molecular weight excluding hydrogens is 336 g/mol. The summed E-state index contributed by atoms with van der Waals surface area (Å²) in [7, 11) is 0. The first kappa shape index (κ1) is 16.9. The van der Waals surface area contributed by atoms with Crippen LogP contribution in [-0.2, 0) is 24.1 Å². The van der Waals surface area contributed by atoms with Gasteiger partial charge in [-0.2, -0.15) is 0 Å². The molecule has 24 heavy (non-hydrogen) atoms. The van der Waals surface area contributed by atoms with Crippen LogP contribution < -0.4 is 5.32 Å². The highest BCUT2D eigenvalue weighted by Crippen LogP contribution is 2.21. The number of hydrogen-bond acceptors (Lipinski definition) is 4. The zero-order valence-electron chi connectivity index (χ0n) is 13.6. The summed E-state index contributed by atoms with van der Waals surface area (Å²) in [6, 6.07) is 14.4. The summed E-state index contributed by atoms with van der Waals surface area (Å²) < 4.78 is 0. The van der Waals surface area contributed by atoms with Crippen molar-refractivity contribution in [3.05, 3.63) is 73.9 Å². The van der Waals surface area contributed by atoms with E-state index in [2.05, 4.69) is 41.5 Å². The summed E-state index contributed by atoms with van der Waals surface area (Å²) in [5, 5.41) is 6.07. The van der Waals surface area contributed by atoms with E-state index < -0.39 is 0 Å². The van der Waals surface area contributed by atoms with Gasteiger partial charge in [-0.25, -0.2) is 4.98 Å². The van der Waals surface area contributed by atoms with Crippen molar-refractivity contribution in [2.24, 2.45) is 0 Å². The van der Waals surface area contributed by atoms with Gasteiger partial charge < -0.3 is 5.32 Å². The molecule has 0 saturated carbocycles. The van der Waals surface area contributed by atoms with Gasteiger partial charge in [-0.15, -0.1) is 22.7 Å². The lowest BCUT2D eigenvalue weighted by Gasteiger charge is -2.02. The van der Waals surface area contributed by atoms with E-state index in [1.165, 1.54) is 10.4 Å². The topological polar surface area (TPSA) is 42.0 Å². The van der Waals surface area contributed by atoms with E-state index in [0.29, 0.717) is 13.0 Å². The number of carbonyl (C=O) groups is 1. The number of amides is 1. The molecule has 3 rings (SSSR count). The summed E-state index contributed by atoms with van der Waals surface area (Å²) in [4.78, 5) is 18.9. The molecule has 0 spiro atoms. The average Bonchev–Trinajstić information content (AvgIpc) is 3.19. The summed E-state index contributed by atoms with van der Waals surface area (Å²) in [5.74, 6) is 0.0789. The Balaban J connectivity index is 1.49. The molecule has 2 heterocycles. The molecule has 0 radical (unpaired) electrons. The minimum absolute atomic E-state index is 0.0789. The minimum atomic E-state index is 0.0789. The lowest BCUT2D eigenvalue weighted by Crippen LogP contribution is -2.26. The second-order valence-corrected chi connectivity index (χ2v) is 7.84. The van der Waals surface area contributed by atoms with Gasteiger partial charge in [0.15, 0.2) is 0 Å². The third-order valence-electron chi connectivity index (χ3n) is 3.72. The number of thiazole rings is 1. The number of benzene rings is 1. The number of carbonyl (C=O) groups excluding carboxylic acids is 1. The van der Waals surface area contributed by atoms with Gasteiger partial charge in [0.25, 0.3) is 0 Å². The van der Waals surface area contributed by atoms with Gasteiger partial charge in [-0.3, -0.25) is 4.79 Å². The Bertz CT molecular complexity index is 779. The molecule has 2 aromatic heterocycles. The van der Waals surface area contributed by atoms with Gasteiger partial charge in [-0.1, -0.05) is 36.4 Å². The molecule has 0 atom stereocenters. The molecule has 1 aromatic carbocycles. The van der Waals surface area contributed by atoms with Crippen LogP contribution in [0.2, 0.25) is 0 Å². The van der Waals surface area contributed by atoms with Crippen LogP contribution in [0.5, 0.6) is 0 Å². The molecule has 124 valence electrons. The molecule has 0 bridgehead atoms. The number of nitrogens with one attached hydrogen (secondary N) is 1. The van der Waals surface area contributed by atoms with Crippen LogP contribution in [0, 0.1) is 6.92 Å². The number of rotatable bonds is 7. The smallest absolute Gasteiger partial charge is 0.225 e. The van der Waals surface area contributed by atoms with Crippen molar-refractivity contribution in [3.63, 3.8) is 0 Å². The molecule has 1 N–H and O–H groups in total. The third kappa shape index (κ3) is 4.76. The van der Waals surface area contributed by atoms with Crippen LogP contribution >= 0.6 is 22.7 Å². The predicted molar refractivity (Wildman–Crippen MR) is 101 cm³/mol. The van der Waals surface area contributed by atoms with E-state index in [1.807, 2.05) is 23.6 Å². The van der Waals surface area contributed by atoms with E-state index in [1.54, 1.807) is 22.7 Å². The standard InChI is InChI=1S/C19H20N2OS2/c1-14-17(12-15-6-3-2-4-7-15)24-19(21-14)9-10-20-18(22)13-16-8-5-11-23-16/h2-8,11H,9-10,12-13H2,1H3,(H,20,22). The van der Waals surface area contributed by atoms with Gasteiger partial charge in [0, 0.05) is 29.1 Å². The highest BCUT2D eigenvalue weighted by atomic mass is 32.1. The molecule has 1 amide bonds. The predicted octanol–water partition coefficient (Wildman–Crippen LogP) is 4.01. The second-order valence-electron chi connectivity index (χ2n) is 5.63. The van der Waals surface area contributed by atoms with E-state index in [9.17, 15) is 4.79 Å². The highest BCUT2D eigenvalue weighted by molar-refractivity contribution is 7.11. The van der Waals surface area contributed by atoms with Gasteiger partial charge >= 0.3 is 0 Å². The van der Waals surface area contributed by atoms with E-state index in [-0.39, 0.29) is 5.91 Å². The molecule has 0 aliphatic carbocycles. The summed E-state index contributed by atoms with van der Waals surface area (Å²) in [6.07, 6.45) is 2.18. The maximum Gasteiger partial charge on any atom is 0.225 e. The van der Waals surface area contributed by atoms with Crippen molar-refractivity contribution in [3.8, 4) is 0 Å². The zero-order chi connectivity index (χ0) is 16.8. The van der Waals surface area contributed by atoms with Gasteiger partial charge in [0.2, 0.25) is 5.91 Å². The summed E-state index contributed by atoms with van der Waals surface area (Å²) in [5.41, 5.74) is 2.41. The number of hydrogen-bond donors (Lipinski definition) is 1. The van der Waals surface area contributed by atoms with Crippen molar-refractivity contribution < 1.29 is 4.79 Å². The molecule has 0 aliphatic rings. The highest BCUT2D eigenvalue weighted by Gasteiger charge is 2.09. The SMILES string of the molecule is Cc1nc(CCNC(=O)Cc2cccs2)sc1Cc1ccccc1. The van der Waals surface area contributed by atoms with Crippen LogP contribution in [0.25, 0.3) is 0 Å². The lowest BCUT2D eigenvalue weighted by molar-refractivity contribution is -0.120. The average molecular weight is 357 g/mol. The van der Waals surface area contributed by atoms with E-state index in [4.69, 9.17) is 0 Å². The summed E-state index contributed by atoms with van der Waals surface area (Å²) >= 11 is 3.37. The Morgan fingerprint density at radius 3 is 2.75 bits per heavy atom. The Labute approximate surface area is 150 Å². The summed E-state index contributed by atoms with van der Waals surface area (Å²) in [6.45, 7) is 2.70. The number of aryl methyl sites for hydroxylation is 1. The van der Waals surface area contributed by atoms with Crippen molar-refractivity contribution in [2.75, 3.05) is 6.54 Å². The van der Waals surface area contributed by atoms with Crippen molar-refractivity contribution in [1.29, 1.82) is 0 Å². The van der Waals surface area contributed by atoms with Crippen LogP contribution in [0.3, 0.4) is 0 Å². The van der Waals surface area contributed by atoms with Crippen molar-refractivity contribution >= 4 is 28.6 Å². The molecule has 5 heteroatoms. The second kappa shape index (κ2) is 8.22. The van der Waals surface area contributed by atoms with Crippen LogP contribution in [0.4, 0.5) is 0 Å². The van der Waals surface area contributed by atoms with Gasteiger partial charge in [0.05, 0.1) is 17.1 Å². The fraction of sp³-hybridized carbons (Fsp3) is 0.263. The zero-order valence-corrected chi connectivity index (χ0v) is 15.3. The van der Waals surface area contributed by atoms with E-state index >= 15 is 0 Å². The first-order valence-electron chi connectivity index (χ1n) is 7.99. The Morgan fingerprint density at radius 1 is 1.17 bits per heavy atom. The number of aromatic nitrogens is 1. The molecule has 3 nitrogen and oxygen atoms in total. The molecule has 3 aromatic rings. The molecule has 0 fully saturated rings. The van der Waals surface area contributed by atoms with Crippen LogP contribution in [-0.4, -0.2) is 17.4 Å². The van der Waals surface area contributed by atoms with Gasteiger partial charge in [0.1, 0.15) is 0 Å². The Kier molecular flexibility index (Phi) is 5.77. The number of nitrogens with zero attached hydrogens (tertiary/aromatic N) is 1. The largest absolute Gasteiger partial charge is 0.355 e. The fourth-order valence-corrected chi connectivity index (χ4v) is 4.29. The van der Waals surface area contributed by atoms with Crippen LogP contribution in [0.15, 0.2) is 47.8 Å². The Hall–Kier alpha value is -1.98. The van der Waals surface area contributed by atoms with Crippen molar-refractivity contribution in [1.82, 2.24) is 10.3 Å². The lowest BCUT2D eigenvalue weighted by atomic mass is 10.1. The maximum atomic E-state index is 11.9. The normalized spacial score (nSPS) is 10.7. The van der Waals surface area contributed by atoms with Gasteiger partial charge in [-0.05, 0) is 23.9 Å². The fourth-order valence-electron chi connectivity index (χ4n) is 2.48. The van der Waals surface area contributed by atoms with Crippen molar-refractivity contribution in [2.45, 2.75) is 26.2 Å². The monoisotopic (exact) mass is 356 g/mol.